The maximum absolute atomic E-state index is 11.6. The first-order chi connectivity index (χ1) is 9.58. The van der Waals surface area contributed by atoms with Gasteiger partial charge in [0.05, 0.1) is 14.2 Å². The molecule has 3 aliphatic carbocycles. The number of fused-ring (bicyclic) bond motifs is 2. The Morgan fingerprint density at radius 1 is 1.25 bits per heavy atom. The molecule has 0 aromatic heterocycles. The highest BCUT2D eigenvalue weighted by Gasteiger charge is 2.41. The van der Waals surface area contributed by atoms with Crippen molar-refractivity contribution in [2.45, 2.75) is 25.7 Å². The number of allylic oxidation sites excluding steroid dienone is 3. The van der Waals surface area contributed by atoms with E-state index in [2.05, 4.69) is 17.4 Å². The summed E-state index contributed by atoms with van der Waals surface area (Å²) in [5.74, 6) is -0.0749. The highest BCUT2D eigenvalue weighted by molar-refractivity contribution is 5.96. The van der Waals surface area contributed by atoms with Crippen LogP contribution in [0, 0.1) is 11.8 Å². The average Bonchev–Trinajstić information content (AvgIpc) is 2.49. The van der Waals surface area contributed by atoms with Crippen molar-refractivity contribution in [2.75, 3.05) is 14.2 Å². The van der Waals surface area contributed by atoms with Crippen molar-refractivity contribution in [3.63, 3.8) is 0 Å². The normalized spacial score (nSPS) is 27.0. The number of hydrogen-bond donors (Lipinski definition) is 0. The van der Waals surface area contributed by atoms with E-state index in [-0.39, 0.29) is 0 Å². The van der Waals surface area contributed by atoms with E-state index in [0.29, 0.717) is 23.8 Å². The maximum Gasteiger partial charge on any atom is 0.334 e. The number of hydrogen-bond acceptors (Lipinski definition) is 4. The molecule has 0 unspecified atom stereocenters. The first-order valence-corrected chi connectivity index (χ1v) is 6.84. The van der Waals surface area contributed by atoms with Gasteiger partial charge in [0.25, 0.3) is 0 Å². The van der Waals surface area contributed by atoms with Crippen molar-refractivity contribution >= 4 is 11.9 Å². The predicted molar refractivity (Wildman–Crippen MR) is 74.8 cm³/mol. The molecule has 0 radical (unpaired) electrons. The summed E-state index contributed by atoms with van der Waals surface area (Å²) in [7, 11) is 2.59. The topological polar surface area (TPSA) is 52.6 Å². The number of ether oxygens (including phenoxy) is 2. The van der Waals surface area contributed by atoms with Crippen LogP contribution in [-0.2, 0) is 19.1 Å². The lowest BCUT2D eigenvalue weighted by Gasteiger charge is -2.47. The highest BCUT2D eigenvalue weighted by Crippen LogP contribution is 2.53. The summed E-state index contributed by atoms with van der Waals surface area (Å²) in [6.45, 7) is 4.11. The molecule has 0 aromatic carbocycles. The minimum Gasteiger partial charge on any atom is -0.466 e. The molecule has 20 heavy (non-hydrogen) atoms. The third-order valence-corrected chi connectivity index (χ3v) is 4.18. The second-order valence-corrected chi connectivity index (χ2v) is 5.20. The predicted octanol–water partition coefficient (Wildman–Crippen LogP) is 2.56. The summed E-state index contributed by atoms with van der Waals surface area (Å²) in [5, 5.41) is 0. The summed E-state index contributed by atoms with van der Waals surface area (Å²) < 4.78 is 9.25. The second kappa shape index (κ2) is 6.07. The Morgan fingerprint density at radius 2 is 1.90 bits per heavy atom. The quantitative estimate of drug-likeness (QED) is 0.450. The standard InChI is InChI=1S/C16H20O4/c1-10-12-5-4-6-13(10)14(12)8-7-11(16(18)20-3)9-15(17)19-2/h8-9,12-13H,1,4-7H2,2-3H3/b11-9-,14-8?/t12-,13+. The minimum absolute atomic E-state index is 0.322. The monoisotopic (exact) mass is 276 g/mol. The van der Waals surface area contributed by atoms with Gasteiger partial charge < -0.3 is 9.47 Å². The van der Waals surface area contributed by atoms with Gasteiger partial charge in [-0.2, -0.15) is 0 Å². The van der Waals surface area contributed by atoms with Crippen LogP contribution in [0.15, 0.2) is 35.5 Å². The molecule has 3 saturated carbocycles. The molecule has 4 nitrogen and oxygen atoms in total. The van der Waals surface area contributed by atoms with Crippen molar-refractivity contribution in [1.29, 1.82) is 0 Å². The van der Waals surface area contributed by atoms with Gasteiger partial charge in [-0.3, -0.25) is 0 Å². The zero-order chi connectivity index (χ0) is 14.7. The van der Waals surface area contributed by atoms with Crippen LogP contribution in [0.25, 0.3) is 0 Å². The van der Waals surface area contributed by atoms with Crippen LogP contribution >= 0.6 is 0 Å². The van der Waals surface area contributed by atoms with Gasteiger partial charge in [0.2, 0.25) is 0 Å². The van der Waals surface area contributed by atoms with Crippen molar-refractivity contribution in [3.8, 4) is 0 Å². The molecular weight excluding hydrogens is 256 g/mol. The van der Waals surface area contributed by atoms with E-state index in [4.69, 9.17) is 4.74 Å². The van der Waals surface area contributed by atoms with Crippen molar-refractivity contribution in [2.24, 2.45) is 11.8 Å². The molecule has 0 aromatic rings. The molecule has 2 bridgehead atoms. The van der Waals surface area contributed by atoms with Gasteiger partial charge in [-0.05, 0) is 19.3 Å². The molecule has 2 atom stereocenters. The molecule has 0 heterocycles. The third kappa shape index (κ3) is 2.69. The van der Waals surface area contributed by atoms with E-state index in [1.165, 1.54) is 37.9 Å². The van der Waals surface area contributed by atoms with E-state index >= 15 is 0 Å². The summed E-state index contributed by atoms with van der Waals surface area (Å²) in [4.78, 5) is 22.9. The van der Waals surface area contributed by atoms with E-state index in [1.54, 1.807) is 0 Å². The Labute approximate surface area is 119 Å². The van der Waals surface area contributed by atoms with Crippen LogP contribution in [0.1, 0.15) is 25.7 Å². The molecule has 0 spiro atoms. The van der Waals surface area contributed by atoms with Crippen LogP contribution in [0.2, 0.25) is 0 Å². The Kier molecular flexibility index (Phi) is 4.42. The summed E-state index contributed by atoms with van der Waals surface area (Å²) in [6.07, 6.45) is 7.19. The zero-order valence-electron chi connectivity index (χ0n) is 12.0. The minimum atomic E-state index is -0.540. The van der Waals surface area contributed by atoms with Crippen molar-refractivity contribution in [3.05, 3.63) is 35.5 Å². The van der Waals surface area contributed by atoms with Gasteiger partial charge in [0.1, 0.15) is 0 Å². The van der Waals surface area contributed by atoms with Gasteiger partial charge in [0.15, 0.2) is 0 Å². The van der Waals surface area contributed by atoms with Gasteiger partial charge >= 0.3 is 11.9 Å². The second-order valence-electron chi connectivity index (χ2n) is 5.20. The molecule has 0 N–H and O–H groups in total. The Hall–Kier alpha value is -1.84. The van der Waals surface area contributed by atoms with Crippen LogP contribution in [0.5, 0.6) is 0 Å². The molecule has 0 amide bonds. The summed E-state index contributed by atoms with van der Waals surface area (Å²) in [6, 6.07) is 0. The van der Waals surface area contributed by atoms with Crippen LogP contribution in [-0.4, -0.2) is 26.2 Å². The molecule has 0 aliphatic heterocycles. The number of rotatable bonds is 4. The number of methoxy groups -OCH3 is 2. The van der Waals surface area contributed by atoms with Gasteiger partial charge in [0, 0.05) is 23.5 Å². The fraction of sp³-hybridized carbons (Fsp3) is 0.500. The average molecular weight is 276 g/mol. The number of carbonyl (C=O) groups is 2. The first-order valence-electron chi connectivity index (χ1n) is 6.84. The molecule has 3 aliphatic rings. The Morgan fingerprint density at radius 3 is 2.40 bits per heavy atom. The SMILES string of the molecule is C=C1[C@H]2CCC[C@@H]1C2=CC/C(=C/C(=O)OC)C(=O)OC. The smallest absolute Gasteiger partial charge is 0.334 e. The van der Waals surface area contributed by atoms with E-state index in [0.717, 1.165) is 12.8 Å². The maximum atomic E-state index is 11.6. The molecular formula is C16H20O4. The number of esters is 2. The molecule has 0 saturated heterocycles. The largest absolute Gasteiger partial charge is 0.466 e. The van der Waals surface area contributed by atoms with Crippen molar-refractivity contribution in [1.82, 2.24) is 0 Å². The van der Waals surface area contributed by atoms with Crippen LogP contribution < -0.4 is 0 Å². The number of carbonyl (C=O) groups excluding carboxylic acids is 2. The molecule has 108 valence electrons. The lowest BCUT2D eigenvalue weighted by atomic mass is 9.58. The summed E-state index contributed by atoms with van der Waals surface area (Å²) >= 11 is 0. The van der Waals surface area contributed by atoms with E-state index < -0.39 is 11.9 Å². The van der Waals surface area contributed by atoms with Gasteiger partial charge in [-0.25, -0.2) is 9.59 Å². The first kappa shape index (κ1) is 14.6. The van der Waals surface area contributed by atoms with Gasteiger partial charge in [-0.1, -0.05) is 30.2 Å². The highest BCUT2D eigenvalue weighted by atomic mass is 16.5. The lowest BCUT2D eigenvalue weighted by Crippen LogP contribution is -2.35. The third-order valence-electron chi connectivity index (χ3n) is 4.18. The van der Waals surface area contributed by atoms with E-state index in [1.807, 2.05) is 0 Å². The fourth-order valence-electron chi connectivity index (χ4n) is 3.09. The van der Waals surface area contributed by atoms with Crippen LogP contribution in [0.4, 0.5) is 0 Å². The lowest BCUT2D eigenvalue weighted by molar-refractivity contribution is -0.138. The van der Waals surface area contributed by atoms with Crippen LogP contribution in [0.3, 0.4) is 0 Å². The van der Waals surface area contributed by atoms with Gasteiger partial charge in [-0.15, -0.1) is 0 Å². The summed E-state index contributed by atoms with van der Waals surface area (Å²) in [5.41, 5.74) is 3.00. The Bertz CT molecular complexity index is 483. The fourth-order valence-corrected chi connectivity index (χ4v) is 3.09. The van der Waals surface area contributed by atoms with E-state index in [9.17, 15) is 9.59 Å². The van der Waals surface area contributed by atoms with Crippen molar-refractivity contribution < 1.29 is 19.1 Å². The zero-order valence-corrected chi connectivity index (χ0v) is 12.0. The molecule has 3 fully saturated rings. The molecule has 4 heteroatoms. The molecule has 3 rings (SSSR count). The Balaban J connectivity index is 2.10.